The smallest absolute Gasteiger partial charge is 0.303 e. The molecule has 4 nitrogen and oxygen atoms in total. The van der Waals surface area contributed by atoms with Crippen molar-refractivity contribution in [1.29, 1.82) is 0 Å². The molecule has 3 N–H and O–H groups in total. The first kappa shape index (κ1) is 21.4. The lowest BCUT2D eigenvalue weighted by molar-refractivity contribution is -0.137. The number of allylic oxidation sites excluding steroid dienone is 2. The van der Waals surface area contributed by atoms with Gasteiger partial charge in [0.2, 0.25) is 0 Å². The van der Waals surface area contributed by atoms with Gasteiger partial charge in [-0.15, -0.1) is 11.6 Å². The zero-order valence-electron chi connectivity index (χ0n) is 16.3. The predicted molar refractivity (Wildman–Crippen MR) is 111 cm³/mol. The molecule has 0 aliphatic heterocycles. The Morgan fingerprint density at radius 3 is 2.54 bits per heavy atom. The molecule has 2 saturated carbocycles. The SMILES string of the molecule is O=C(O)CCC/C=C/CC1C(Cl)CCC1c1ccc(C(O)C2(O)CCC2)cc1. The van der Waals surface area contributed by atoms with Crippen LogP contribution >= 0.6 is 11.6 Å². The summed E-state index contributed by atoms with van der Waals surface area (Å²) in [6.45, 7) is 0. The summed E-state index contributed by atoms with van der Waals surface area (Å²) in [5.74, 6) is 0.0104. The van der Waals surface area contributed by atoms with Gasteiger partial charge in [0.1, 0.15) is 6.10 Å². The number of rotatable bonds is 9. The zero-order chi connectivity index (χ0) is 20.1. The Balaban J connectivity index is 1.58. The summed E-state index contributed by atoms with van der Waals surface area (Å²) in [5.41, 5.74) is 1.06. The van der Waals surface area contributed by atoms with Crippen molar-refractivity contribution in [1.82, 2.24) is 0 Å². The Morgan fingerprint density at radius 2 is 1.93 bits per heavy atom. The monoisotopic (exact) mass is 406 g/mol. The Bertz CT molecular complexity index is 680. The standard InChI is InChI=1S/C23H31ClO4/c24-20-13-12-18(19(20)6-3-1-2-4-7-21(25)26)16-8-10-17(11-9-16)22(27)23(28)14-5-15-23/h1,3,8-11,18-20,22,27-28H,2,4-7,12-15H2,(H,25,26)/b3-1+. The van der Waals surface area contributed by atoms with Crippen molar-refractivity contribution in [2.45, 2.75) is 80.8 Å². The fourth-order valence-corrected chi connectivity index (χ4v) is 4.94. The topological polar surface area (TPSA) is 77.8 Å². The molecule has 0 heterocycles. The lowest BCUT2D eigenvalue weighted by Crippen LogP contribution is -2.42. The molecule has 0 saturated heterocycles. The van der Waals surface area contributed by atoms with Gasteiger partial charge in [-0.2, -0.15) is 0 Å². The number of carboxylic acids is 1. The van der Waals surface area contributed by atoms with Crippen molar-refractivity contribution in [3.63, 3.8) is 0 Å². The fourth-order valence-electron chi connectivity index (χ4n) is 4.54. The normalized spacial score (nSPS) is 27.6. The number of aliphatic carboxylic acids is 1. The van der Waals surface area contributed by atoms with Crippen LogP contribution in [0.5, 0.6) is 0 Å². The third-order valence-electron chi connectivity index (χ3n) is 6.48. The van der Waals surface area contributed by atoms with E-state index in [1.807, 2.05) is 12.1 Å². The molecule has 4 unspecified atom stereocenters. The highest BCUT2D eigenvalue weighted by Gasteiger charge is 2.42. The van der Waals surface area contributed by atoms with Crippen LogP contribution < -0.4 is 0 Å². The molecule has 5 heteroatoms. The molecule has 0 radical (unpaired) electrons. The molecule has 4 atom stereocenters. The maximum Gasteiger partial charge on any atom is 0.303 e. The van der Waals surface area contributed by atoms with Crippen LogP contribution in [0.4, 0.5) is 0 Å². The highest BCUT2D eigenvalue weighted by atomic mass is 35.5. The van der Waals surface area contributed by atoms with Crippen molar-refractivity contribution in [3.8, 4) is 0 Å². The van der Waals surface area contributed by atoms with E-state index in [9.17, 15) is 15.0 Å². The number of aliphatic hydroxyl groups is 2. The maximum absolute atomic E-state index is 10.6. The molecule has 2 aliphatic carbocycles. The van der Waals surface area contributed by atoms with Crippen LogP contribution in [-0.2, 0) is 4.79 Å². The molecule has 0 spiro atoms. The summed E-state index contributed by atoms with van der Waals surface area (Å²) in [6, 6.07) is 8.03. The maximum atomic E-state index is 10.6. The summed E-state index contributed by atoms with van der Waals surface area (Å²) >= 11 is 6.59. The third kappa shape index (κ3) is 4.97. The van der Waals surface area contributed by atoms with E-state index in [4.69, 9.17) is 16.7 Å². The van der Waals surface area contributed by atoms with Crippen LogP contribution in [0.2, 0.25) is 0 Å². The van der Waals surface area contributed by atoms with Crippen molar-refractivity contribution < 1.29 is 20.1 Å². The quantitative estimate of drug-likeness (QED) is 0.308. The first-order chi connectivity index (χ1) is 13.4. The lowest BCUT2D eigenvalue weighted by Gasteiger charge is -2.40. The van der Waals surface area contributed by atoms with Crippen LogP contribution in [0.1, 0.15) is 80.9 Å². The molecular weight excluding hydrogens is 376 g/mol. The second-order valence-electron chi connectivity index (χ2n) is 8.38. The van der Waals surface area contributed by atoms with Gasteiger partial charge in [0.15, 0.2) is 0 Å². The molecule has 0 aromatic heterocycles. The Morgan fingerprint density at radius 1 is 1.21 bits per heavy atom. The van der Waals surface area contributed by atoms with Crippen LogP contribution in [-0.4, -0.2) is 32.3 Å². The van der Waals surface area contributed by atoms with Gasteiger partial charge in [-0.05, 0) is 74.3 Å². The van der Waals surface area contributed by atoms with Gasteiger partial charge in [-0.25, -0.2) is 0 Å². The summed E-state index contributed by atoms with van der Waals surface area (Å²) in [6.07, 6.45) is 10.3. The highest BCUT2D eigenvalue weighted by Crippen LogP contribution is 2.46. The first-order valence-corrected chi connectivity index (χ1v) is 10.9. The van der Waals surface area contributed by atoms with Crippen LogP contribution in [0.3, 0.4) is 0 Å². The van der Waals surface area contributed by atoms with E-state index >= 15 is 0 Å². The van der Waals surface area contributed by atoms with Crippen molar-refractivity contribution in [2.24, 2.45) is 5.92 Å². The fraction of sp³-hybridized carbons (Fsp3) is 0.609. The second-order valence-corrected chi connectivity index (χ2v) is 8.94. The van der Waals surface area contributed by atoms with Gasteiger partial charge in [-0.3, -0.25) is 4.79 Å². The average molecular weight is 407 g/mol. The minimum atomic E-state index is -0.954. The van der Waals surface area contributed by atoms with E-state index in [1.165, 1.54) is 5.56 Å². The molecule has 1 aromatic rings. The van der Waals surface area contributed by atoms with Crippen molar-refractivity contribution >= 4 is 17.6 Å². The van der Waals surface area contributed by atoms with Crippen LogP contribution in [0.15, 0.2) is 36.4 Å². The summed E-state index contributed by atoms with van der Waals surface area (Å²) in [4.78, 5) is 10.6. The highest BCUT2D eigenvalue weighted by molar-refractivity contribution is 6.21. The second kappa shape index (κ2) is 9.43. The molecular formula is C23H31ClO4. The number of benzene rings is 1. The molecule has 154 valence electrons. The largest absolute Gasteiger partial charge is 0.481 e. The van der Waals surface area contributed by atoms with E-state index in [2.05, 4.69) is 24.3 Å². The number of carboxylic acid groups (broad SMARTS) is 1. The van der Waals surface area contributed by atoms with E-state index < -0.39 is 17.7 Å². The summed E-state index contributed by atoms with van der Waals surface area (Å²) < 4.78 is 0. The molecule has 2 aliphatic rings. The van der Waals surface area contributed by atoms with Gasteiger partial charge >= 0.3 is 5.97 Å². The Labute approximate surface area is 172 Å². The summed E-state index contributed by atoms with van der Waals surface area (Å²) in [5, 5.41) is 29.7. The number of hydrogen-bond donors (Lipinski definition) is 3. The number of hydrogen-bond acceptors (Lipinski definition) is 3. The number of carbonyl (C=O) groups is 1. The van der Waals surface area contributed by atoms with Gasteiger partial charge < -0.3 is 15.3 Å². The number of halogens is 1. The Kier molecular flexibility index (Phi) is 7.19. The van der Waals surface area contributed by atoms with E-state index in [0.29, 0.717) is 31.1 Å². The molecule has 0 bridgehead atoms. The van der Waals surface area contributed by atoms with Crippen molar-refractivity contribution in [3.05, 3.63) is 47.5 Å². The van der Waals surface area contributed by atoms with E-state index in [1.54, 1.807) is 0 Å². The zero-order valence-corrected chi connectivity index (χ0v) is 17.0. The van der Waals surface area contributed by atoms with E-state index in [-0.39, 0.29) is 11.8 Å². The minimum absolute atomic E-state index is 0.148. The predicted octanol–water partition coefficient (Wildman–Crippen LogP) is 4.94. The van der Waals surface area contributed by atoms with Crippen LogP contribution in [0.25, 0.3) is 0 Å². The molecule has 28 heavy (non-hydrogen) atoms. The van der Waals surface area contributed by atoms with Gasteiger partial charge in [0.05, 0.1) is 5.60 Å². The third-order valence-corrected chi connectivity index (χ3v) is 7.02. The molecule has 3 rings (SSSR count). The summed E-state index contributed by atoms with van der Waals surface area (Å²) in [7, 11) is 0. The van der Waals surface area contributed by atoms with Crippen molar-refractivity contribution in [2.75, 3.05) is 0 Å². The van der Waals surface area contributed by atoms with Gasteiger partial charge in [-0.1, -0.05) is 36.4 Å². The lowest BCUT2D eigenvalue weighted by atomic mass is 9.74. The van der Waals surface area contributed by atoms with E-state index in [0.717, 1.165) is 37.7 Å². The average Bonchev–Trinajstić information content (AvgIpc) is 3.02. The Hall–Kier alpha value is -1.36. The van der Waals surface area contributed by atoms with Crippen LogP contribution in [0, 0.1) is 5.92 Å². The number of aliphatic hydroxyl groups excluding tert-OH is 1. The molecule has 2 fully saturated rings. The number of alkyl halides is 1. The van der Waals surface area contributed by atoms with Gasteiger partial charge in [0, 0.05) is 11.8 Å². The number of unbranched alkanes of at least 4 members (excludes halogenated alkanes) is 1. The van der Waals surface area contributed by atoms with Gasteiger partial charge in [0.25, 0.3) is 0 Å². The first-order valence-electron chi connectivity index (χ1n) is 10.4. The molecule has 1 aromatic carbocycles. The molecule has 0 amide bonds. The minimum Gasteiger partial charge on any atom is -0.481 e.